The van der Waals surface area contributed by atoms with Crippen molar-refractivity contribution in [2.75, 3.05) is 6.61 Å². The minimum absolute atomic E-state index is 0.0706. The third-order valence-electron chi connectivity index (χ3n) is 7.10. The van der Waals surface area contributed by atoms with Crippen LogP contribution in [0.15, 0.2) is 36.4 Å². The number of ketones is 1. The zero-order chi connectivity index (χ0) is 30.0. The normalized spacial score (nSPS) is 33.8. The molecular formula is C27H34O14. The second kappa shape index (κ2) is 12.9. The third kappa shape index (κ3) is 6.72. The van der Waals surface area contributed by atoms with Gasteiger partial charge in [-0.1, -0.05) is 12.1 Å². The summed E-state index contributed by atoms with van der Waals surface area (Å²) in [5.74, 6) is -2.00. The van der Waals surface area contributed by atoms with Crippen molar-refractivity contribution < 1.29 is 69.7 Å². The first-order valence-electron chi connectivity index (χ1n) is 12.9. The molecule has 2 aromatic rings. The van der Waals surface area contributed by atoms with E-state index >= 15 is 0 Å². The van der Waals surface area contributed by atoms with Crippen molar-refractivity contribution in [3.63, 3.8) is 0 Å². The average molecular weight is 583 g/mol. The van der Waals surface area contributed by atoms with Gasteiger partial charge in [-0.25, -0.2) is 0 Å². The van der Waals surface area contributed by atoms with Gasteiger partial charge >= 0.3 is 0 Å². The number of carbonyl (C=O) groups excluding carboxylic acids is 1. The van der Waals surface area contributed by atoms with E-state index in [2.05, 4.69) is 0 Å². The molecule has 14 heteroatoms. The Morgan fingerprint density at radius 2 is 1.46 bits per heavy atom. The van der Waals surface area contributed by atoms with E-state index in [0.717, 1.165) is 17.7 Å². The van der Waals surface area contributed by atoms with E-state index in [1.165, 1.54) is 19.1 Å². The maximum absolute atomic E-state index is 12.7. The summed E-state index contributed by atoms with van der Waals surface area (Å²) < 4.78 is 22.2. The minimum atomic E-state index is -1.77. The average Bonchev–Trinajstić information content (AvgIpc) is 2.93. The molecular weight excluding hydrogens is 548 g/mol. The van der Waals surface area contributed by atoms with Crippen molar-refractivity contribution in [1.82, 2.24) is 0 Å². The summed E-state index contributed by atoms with van der Waals surface area (Å²) in [4.78, 5) is 12.7. The zero-order valence-electron chi connectivity index (χ0n) is 21.9. The molecule has 0 unspecified atom stereocenters. The molecule has 0 amide bonds. The minimum Gasteiger partial charge on any atom is -0.508 e. The Morgan fingerprint density at radius 3 is 2.07 bits per heavy atom. The Hall–Kier alpha value is -3.05. The highest BCUT2D eigenvalue weighted by Gasteiger charge is 2.51. The third-order valence-corrected chi connectivity index (χ3v) is 7.10. The van der Waals surface area contributed by atoms with Gasteiger partial charge in [0.2, 0.25) is 6.29 Å². The van der Waals surface area contributed by atoms with E-state index < -0.39 is 85.3 Å². The van der Waals surface area contributed by atoms with Gasteiger partial charge in [0, 0.05) is 18.6 Å². The second-order valence-electron chi connectivity index (χ2n) is 10.0. The number of benzene rings is 2. The molecule has 2 heterocycles. The van der Waals surface area contributed by atoms with Gasteiger partial charge in [0.05, 0.1) is 12.7 Å². The second-order valence-corrected chi connectivity index (χ2v) is 10.0. The highest BCUT2D eigenvalue weighted by molar-refractivity contribution is 6.01. The predicted molar refractivity (Wildman–Crippen MR) is 136 cm³/mol. The summed E-state index contributed by atoms with van der Waals surface area (Å²) in [6.45, 7) is 0.675. The number of ether oxygens (including phenoxy) is 4. The molecule has 0 aromatic heterocycles. The number of hydrogen-bond donors (Lipinski definition) is 9. The van der Waals surface area contributed by atoms with Crippen LogP contribution in [0.3, 0.4) is 0 Å². The van der Waals surface area contributed by atoms with Crippen LogP contribution in [0.2, 0.25) is 0 Å². The van der Waals surface area contributed by atoms with E-state index in [9.17, 15) is 50.8 Å². The standard InChI is InChI=1S/C27H34O14/c1-11-20(33)22(35)24(37)26(38-11)41-25-23(36)21(34)18(10-28)40-27(25)39-14-8-16(31)19(17(32)9-14)15(30)7-4-12-2-5-13(29)6-3-12/h2-3,5-6,8-9,11,18,20-29,31-37H,4,7,10H2,1H3/t11-,18+,20-,21+,22-,23-,24-,25+,26+,27+/m1/s1. The molecule has 4 rings (SSSR count). The van der Waals surface area contributed by atoms with E-state index in [4.69, 9.17) is 18.9 Å². The zero-order valence-corrected chi connectivity index (χ0v) is 21.9. The molecule has 2 saturated heterocycles. The lowest BCUT2D eigenvalue weighted by Gasteiger charge is -2.45. The van der Waals surface area contributed by atoms with Crippen LogP contribution in [0.1, 0.15) is 29.3 Å². The molecule has 9 N–H and O–H groups in total. The summed E-state index contributed by atoms with van der Waals surface area (Å²) in [5.41, 5.74) is 0.385. The van der Waals surface area contributed by atoms with Crippen molar-refractivity contribution in [2.45, 2.75) is 81.2 Å². The Labute approximate surface area is 234 Å². The molecule has 2 fully saturated rings. The lowest BCUT2D eigenvalue weighted by molar-refractivity contribution is -0.354. The molecule has 2 aliphatic rings. The fraction of sp³-hybridized carbons (Fsp3) is 0.519. The molecule has 0 radical (unpaired) electrons. The quantitative estimate of drug-likeness (QED) is 0.156. The molecule has 0 spiro atoms. The van der Waals surface area contributed by atoms with Gasteiger partial charge in [0.25, 0.3) is 0 Å². The fourth-order valence-corrected chi connectivity index (χ4v) is 4.70. The summed E-state index contributed by atoms with van der Waals surface area (Å²) >= 11 is 0. The molecule has 2 aromatic carbocycles. The molecule has 226 valence electrons. The Kier molecular flexibility index (Phi) is 9.69. The summed E-state index contributed by atoms with van der Waals surface area (Å²) in [7, 11) is 0. The van der Waals surface area contributed by atoms with E-state index in [1.807, 2.05) is 0 Å². The first kappa shape index (κ1) is 30.9. The smallest absolute Gasteiger partial charge is 0.229 e. The van der Waals surface area contributed by atoms with E-state index in [-0.39, 0.29) is 29.9 Å². The van der Waals surface area contributed by atoms with Crippen LogP contribution in [0.4, 0.5) is 0 Å². The number of phenolic OH excluding ortho intramolecular Hbond substituents is 3. The SMILES string of the molecule is C[C@H]1O[C@@H](O[C@@H]2[C@@H](Oc3cc(O)c(C(=O)CCc4ccc(O)cc4)c(O)c3)O[C@@H](CO)[C@H](O)[C@H]2O)[C@H](O)[C@H](O)[C@@H]1O. The molecule has 2 aliphatic heterocycles. The van der Waals surface area contributed by atoms with E-state index in [0.29, 0.717) is 0 Å². The maximum atomic E-state index is 12.7. The summed E-state index contributed by atoms with van der Waals surface area (Å²) in [5, 5.41) is 91.5. The van der Waals surface area contributed by atoms with Gasteiger partial charge in [-0.15, -0.1) is 0 Å². The number of Topliss-reactive ketones (excluding diaryl/α,β-unsaturated/α-hetero) is 1. The van der Waals surface area contributed by atoms with Crippen molar-refractivity contribution in [1.29, 1.82) is 0 Å². The van der Waals surface area contributed by atoms with Crippen molar-refractivity contribution in [3.05, 3.63) is 47.5 Å². The molecule has 0 bridgehead atoms. The van der Waals surface area contributed by atoms with Gasteiger partial charge in [-0.05, 0) is 31.0 Å². The Bertz CT molecular complexity index is 1170. The highest BCUT2D eigenvalue weighted by Crippen LogP contribution is 2.36. The van der Waals surface area contributed by atoms with Gasteiger partial charge < -0.3 is 64.9 Å². The monoisotopic (exact) mass is 582 g/mol. The first-order valence-corrected chi connectivity index (χ1v) is 12.9. The van der Waals surface area contributed by atoms with Crippen LogP contribution in [-0.2, 0) is 20.6 Å². The van der Waals surface area contributed by atoms with Crippen LogP contribution in [0.5, 0.6) is 23.0 Å². The van der Waals surface area contributed by atoms with E-state index in [1.54, 1.807) is 12.1 Å². The van der Waals surface area contributed by atoms with Crippen LogP contribution < -0.4 is 4.74 Å². The highest BCUT2D eigenvalue weighted by atomic mass is 16.8. The number of aryl methyl sites for hydroxylation is 1. The number of rotatable bonds is 9. The lowest BCUT2D eigenvalue weighted by atomic mass is 9.97. The van der Waals surface area contributed by atoms with Crippen LogP contribution >= 0.6 is 0 Å². The lowest BCUT2D eigenvalue weighted by Crippen LogP contribution is -2.64. The largest absolute Gasteiger partial charge is 0.508 e. The van der Waals surface area contributed by atoms with Crippen LogP contribution in [0.25, 0.3) is 0 Å². The van der Waals surface area contributed by atoms with Crippen LogP contribution in [-0.4, -0.2) is 120 Å². The summed E-state index contributed by atoms with van der Waals surface area (Å²) in [6.07, 6.45) is -15.3. The number of aromatic hydroxyl groups is 3. The maximum Gasteiger partial charge on any atom is 0.229 e. The number of aliphatic hydroxyl groups excluding tert-OH is 6. The van der Waals surface area contributed by atoms with Gasteiger partial charge in [-0.2, -0.15) is 0 Å². The number of carbonyl (C=O) groups is 1. The Balaban J connectivity index is 1.52. The number of aliphatic hydroxyl groups is 6. The topological polar surface area (TPSA) is 236 Å². The van der Waals surface area contributed by atoms with Crippen molar-refractivity contribution in [2.24, 2.45) is 0 Å². The molecule has 41 heavy (non-hydrogen) atoms. The molecule has 0 aliphatic carbocycles. The van der Waals surface area contributed by atoms with Crippen molar-refractivity contribution in [3.8, 4) is 23.0 Å². The number of phenols is 3. The van der Waals surface area contributed by atoms with Gasteiger partial charge in [0.1, 0.15) is 65.2 Å². The van der Waals surface area contributed by atoms with Crippen LogP contribution in [0, 0.1) is 0 Å². The van der Waals surface area contributed by atoms with Crippen molar-refractivity contribution >= 4 is 5.78 Å². The summed E-state index contributed by atoms with van der Waals surface area (Å²) in [6, 6.07) is 8.22. The molecule has 14 nitrogen and oxygen atoms in total. The number of hydrogen-bond acceptors (Lipinski definition) is 14. The first-order chi connectivity index (χ1) is 19.4. The fourth-order valence-electron chi connectivity index (χ4n) is 4.70. The van der Waals surface area contributed by atoms with Gasteiger partial charge in [0.15, 0.2) is 18.2 Å². The predicted octanol–water partition coefficient (Wildman–Crippen LogP) is -1.35. The molecule has 10 atom stereocenters. The van der Waals surface area contributed by atoms with Gasteiger partial charge in [-0.3, -0.25) is 4.79 Å². The molecule has 0 saturated carbocycles. The Morgan fingerprint density at radius 1 is 0.829 bits per heavy atom.